The van der Waals surface area contributed by atoms with Crippen molar-refractivity contribution in [3.63, 3.8) is 0 Å². The molecule has 172 valence electrons. The molecule has 0 amide bonds. The number of para-hydroxylation sites is 1. The molecule has 13 heteroatoms. The molecule has 33 heavy (non-hydrogen) atoms. The van der Waals surface area contributed by atoms with Crippen molar-refractivity contribution in [1.29, 1.82) is 0 Å². The van der Waals surface area contributed by atoms with Gasteiger partial charge in [-0.2, -0.15) is 23.3 Å². The van der Waals surface area contributed by atoms with E-state index < -0.39 is 28.8 Å². The zero-order valence-electron chi connectivity index (χ0n) is 17.0. The van der Waals surface area contributed by atoms with Crippen LogP contribution in [0, 0.1) is 6.92 Å². The van der Waals surface area contributed by atoms with E-state index in [-0.39, 0.29) is 18.2 Å². The molecule has 0 radical (unpaired) electrons. The molecule has 0 fully saturated rings. The van der Waals surface area contributed by atoms with Crippen LogP contribution in [-0.2, 0) is 24.0 Å². The molecule has 0 saturated heterocycles. The number of alkyl halides is 3. The van der Waals surface area contributed by atoms with Gasteiger partial charge >= 0.3 is 6.18 Å². The highest BCUT2D eigenvalue weighted by atomic mass is 32.2. The molecule has 4 rings (SSSR count). The van der Waals surface area contributed by atoms with Gasteiger partial charge in [0.2, 0.25) is 5.95 Å². The fraction of sp³-hybridized carbons (Fsp3) is 0.150. The van der Waals surface area contributed by atoms with Gasteiger partial charge in [0.05, 0.1) is 5.52 Å². The standard InChI is InChI=1S/C20H18F3N7O2S/c1-11-14-8-13(6-7-17(14)30-29-11)26-19-24-10-15(20(21,22)23)18(28-19)27-16-5-3-2-4-12(16)9-25-33(31)32/h2-8,10,25H,9H2,1H3,(H,29,30)(H,31,32)(H2,24,26,27,28)/p-1. The Morgan fingerprint density at radius 3 is 2.70 bits per heavy atom. The number of hydrogen-bond acceptors (Lipinski definition) is 7. The lowest BCUT2D eigenvalue weighted by molar-refractivity contribution is -0.137. The van der Waals surface area contributed by atoms with Crippen LogP contribution in [0.3, 0.4) is 0 Å². The molecule has 0 spiro atoms. The van der Waals surface area contributed by atoms with Gasteiger partial charge in [0, 0.05) is 46.5 Å². The Morgan fingerprint density at radius 1 is 1.15 bits per heavy atom. The van der Waals surface area contributed by atoms with E-state index in [1.54, 1.807) is 36.4 Å². The van der Waals surface area contributed by atoms with Gasteiger partial charge in [-0.15, -0.1) is 0 Å². The number of aromatic amines is 1. The summed E-state index contributed by atoms with van der Waals surface area (Å²) in [6, 6.07) is 11.6. The Bertz CT molecular complexity index is 1330. The number of aryl methyl sites for hydroxylation is 1. The summed E-state index contributed by atoms with van der Waals surface area (Å²) < 4.78 is 64.6. The maximum Gasteiger partial charge on any atom is 0.421 e. The Balaban J connectivity index is 1.67. The van der Waals surface area contributed by atoms with Crippen LogP contribution in [0.5, 0.6) is 0 Å². The first kappa shape index (κ1) is 22.6. The van der Waals surface area contributed by atoms with E-state index in [0.29, 0.717) is 17.4 Å². The molecule has 1 unspecified atom stereocenters. The van der Waals surface area contributed by atoms with Crippen molar-refractivity contribution >= 4 is 45.3 Å². The highest BCUT2D eigenvalue weighted by Crippen LogP contribution is 2.36. The fourth-order valence-corrected chi connectivity index (χ4v) is 3.42. The van der Waals surface area contributed by atoms with E-state index in [1.807, 2.05) is 6.92 Å². The Morgan fingerprint density at radius 2 is 1.94 bits per heavy atom. The van der Waals surface area contributed by atoms with Crippen molar-refractivity contribution in [3.8, 4) is 0 Å². The zero-order valence-corrected chi connectivity index (χ0v) is 17.8. The number of anilines is 4. The van der Waals surface area contributed by atoms with E-state index in [4.69, 9.17) is 0 Å². The molecule has 2 aromatic heterocycles. The largest absolute Gasteiger partial charge is 0.760 e. The second kappa shape index (κ2) is 9.13. The third-order valence-electron chi connectivity index (χ3n) is 4.75. The van der Waals surface area contributed by atoms with Gasteiger partial charge in [0.1, 0.15) is 11.4 Å². The molecule has 2 aromatic carbocycles. The summed E-state index contributed by atoms with van der Waals surface area (Å²) in [5.41, 5.74) is 1.79. The quantitative estimate of drug-likeness (QED) is 0.296. The first-order valence-electron chi connectivity index (χ1n) is 9.54. The minimum atomic E-state index is -4.71. The highest BCUT2D eigenvalue weighted by molar-refractivity contribution is 7.77. The number of hydrogen-bond donors (Lipinski definition) is 4. The summed E-state index contributed by atoms with van der Waals surface area (Å²) in [7, 11) is 0. The van der Waals surface area contributed by atoms with Gasteiger partial charge in [-0.3, -0.25) is 9.31 Å². The molecule has 4 N–H and O–H groups in total. The molecule has 2 heterocycles. The van der Waals surface area contributed by atoms with E-state index >= 15 is 0 Å². The van der Waals surface area contributed by atoms with Crippen LogP contribution in [0.1, 0.15) is 16.8 Å². The van der Waals surface area contributed by atoms with Crippen molar-refractivity contribution in [1.82, 2.24) is 24.9 Å². The van der Waals surface area contributed by atoms with Crippen molar-refractivity contribution < 1.29 is 21.9 Å². The summed E-state index contributed by atoms with van der Waals surface area (Å²) in [4.78, 5) is 7.85. The van der Waals surface area contributed by atoms with Gasteiger partial charge in [-0.1, -0.05) is 18.2 Å². The summed E-state index contributed by atoms with van der Waals surface area (Å²) >= 11 is -2.52. The van der Waals surface area contributed by atoms with Gasteiger partial charge in [0.15, 0.2) is 0 Å². The third-order valence-corrected chi connectivity index (χ3v) is 5.13. The average molecular weight is 476 g/mol. The normalized spacial score (nSPS) is 12.6. The van der Waals surface area contributed by atoms with Gasteiger partial charge in [0.25, 0.3) is 0 Å². The summed E-state index contributed by atoms with van der Waals surface area (Å²) in [6.07, 6.45) is -4.02. The summed E-state index contributed by atoms with van der Waals surface area (Å²) in [5.74, 6) is -0.529. The van der Waals surface area contributed by atoms with Crippen molar-refractivity contribution in [2.24, 2.45) is 0 Å². The predicted molar refractivity (Wildman–Crippen MR) is 117 cm³/mol. The van der Waals surface area contributed by atoms with Crippen LogP contribution in [-0.4, -0.2) is 28.9 Å². The van der Waals surface area contributed by atoms with Crippen molar-refractivity contribution in [2.75, 3.05) is 10.6 Å². The van der Waals surface area contributed by atoms with Crippen molar-refractivity contribution in [2.45, 2.75) is 19.6 Å². The number of nitrogens with one attached hydrogen (secondary N) is 4. The maximum absolute atomic E-state index is 13.6. The lowest BCUT2D eigenvalue weighted by Crippen LogP contribution is -2.17. The van der Waals surface area contributed by atoms with Crippen molar-refractivity contribution in [3.05, 3.63) is 65.5 Å². The fourth-order valence-electron chi connectivity index (χ4n) is 3.15. The molecule has 4 aromatic rings. The molecule has 1 atom stereocenters. The number of fused-ring (bicyclic) bond motifs is 1. The number of H-pyrrole nitrogens is 1. The first-order chi connectivity index (χ1) is 15.7. The summed E-state index contributed by atoms with van der Waals surface area (Å²) in [5, 5.41) is 13.4. The minimum absolute atomic E-state index is 0.0535. The predicted octanol–water partition coefficient (Wildman–Crippen LogP) is 4.05. The van der Waals surface area contributed by atoms with Gasteiger partial charge in [-0.25, -0.2) is 9.71 Å². The first-order valence-corrected chi connectivity index (χ1v) is 10.6. The van der Waals surface area contributed by atoms with Gasteiger partial charge in [-0.05, 0) is 36.8 Å². The SMILES string of the molecule is Cc1[nH]nc2ccc(Nc3ncc(C(F)(F)F)c(Nc4ccccc4CNS(=O)[O-])n3)cc12. The Labute approximate surface area is 188 Å². The average Bonchev–Trinajstić information content (AvgIpc) is 3.12. The third kappa shape index (κ3) is 5.27. The number of halogens is 3. The molecule has 0 aliphatic rings. The second-order valence-corrected chi connectivity index (χ2v) is 7.76. The monoisotopic (exact) mass is 476 g/mol. The lowest BCUT2D eigenvalue weighted by atomic mass is 10.1. The second-order valence-electron chi connectivity index (χ2n) is 7.00. The van der Waals surface area contributed by atoms with Crippen LogP contribution < -0.4 is 15.4 Å². The summed E-state index contributed by atoms with van der Waals surface area (Å²) in [6.45, 7) is 1.74. The molecule has 9 nitrogen and oxygen atoms in total. The maximum atomic E-state index is 13.6. The van der Waals surface area contributed by atoms with Crippen LogP contribution >= 0.6 is 0 Å². The number of aromatic nitrogens is 4. The van der Waals surface area contributed by atoms with E-state index in [2.05, 4.69) is 35.5 Å². The van der Waals surface area contributed by atoms with E-state index in [9.17, 15) is 21.9 Å². The van der Waals surface area contributed by atoms with Crippen LogP contribution in [0.15, 0.2) is 48.7 Å². The van der Waals surface area contributed by atoms with Crippen LogP contribution in [0.25, 0.3) is 10.9 Å². The molecule has 0 bridgehead atoms. The molecule has 0 aliphatic carbocycles. The smallest absolute Gasteiger partial charge is 0.421 e. The zero-order chi connectivity index (χ0) is 23.6. The number of nitrogens with zero attached hydrogens (tertiary/aromatic N) is 3. The molecular formula is C20H17F3N7O2S-. The minimum Gasteiger partial charge on any atom is -0.760 e. The number of rotatable bonds is 7. The molecular weight excluding hydrogens is 459 g/mol. The van der Waals surface area contributed by atoms with E-state index in [0.717, 1.165) is 16.6 Å². The number of benzene rings is 2. The van der Waals surface area contributed by atoms with E-state index in [1.165, 1.54) is 6.07 Å². The molecule has 0 aliphatic heterocycles. The Kier molecular flexibility index (Phi) is 6.26. The molecule has 0 saturated carbocycles. The highest BCUT2D eigenvalue weighted by Gasteiger charge is 2.35. The van der Waals surface area contributed by atoms with Gasteiger partial charge < -0.3 is 15.2 Å². The topological polar surface area (TPSA) is 131 Å². The van der Waals surface area contributed by atoms with Crippen LogP contribution in [0.4, 0.5) is 36.3 Å². The lowest BCUT2D eigenvalue weighted by Gasteiger charge is -2.17. The van der Waals surface area contributed by atoms with Crippen LogP contribution in [0.2, 0.25) is 0 Å². The Hall–Kier alpha value is -3.55.